The zero-order chi connectivity index (χ0) is 19.1. The molecule has 0 atom stereocenters. The minimum absolute atomic E-state index is 0.0450. The van der Waals surface area contributed by atoms with Gasteiger partial charge in [0.05, 0.1) is 0 Å². The molecule has 1 heterocycles. The van der Waals surface area contributed by atoms with Crippen LogP contribution in [0.5, 0.6) is 0 Å². The normalized spacial score (nSPS) is 16.8. The molecule has 0 spiro atoms. The number of hydrogen-bond donors (Lipinski definition) is 2. The molecule has 1 aliphatic rings. The molecule has 0 saturated carbocycles. The Balaban J connectivity index is 1.65. The largest absolute Gasteiger partial charge is 0.381 e. The predicted molar refractivity (Wildman–Crippen MR) is 108 cm³/mol. The lowest BCUT2D eigenvalue weighted by molar-refractivity contribution is 0.0514. The molecule has 1 aliphatic heterocycles. The molecule has 2 aromatic rings. The topological polar surface area (TPSA) is 45.7 Å². The van der Waals surface area contributed by atoms with Crippen LogP contribution in [0.1, 0.15) is 24.0 Å². The molecule has 4 nitrogen and oxygen atoms in total. The first-order valence-corrected chi connectivity index (χ1v) is 9.52. The van der Waals surface area contributed by atoms with Crippen LogP contribution in [0.25, 0.3) is 0 Å². The molecule has 6 heteroatoms. The number of hydrogen-bond acceptors (Lipinski definition) is 2. The Hall–Kier alpha value is -2.11. The summed E-state index contributed by atoms with van der Waals surface area (Å²) >= 11 is 6.23. The lowest BCUT2D eigenvalue weighted by atomic mass is 9.74. The highest BCUT2D eigenvalue weighted by atomic mass is 35.5. The molecule has 2 aromatic carbocycles. The molecule has 144 valence electrons. The Kier molecular flexibility index (Phi) is 6.69. The first-order valence-electron chi connectivity index (χ1n) is 9.14. The number of ether oxygens (including phenoxy) is 1. The molecule has 1 saturated heterocycles. The summed E-state index contributed by atoms with van der Waals surface area (Å²) in [5.74, 6) is 0.483. The standard InChI is InChI=1S/C21H25ClFN3O/c1-24-20(25-14-16-5-7-19(23)8-6-16)26-15-21(9-11-27-12-10-21)17-3-2-4-18(22)13-17/h2-8,13H,9-12,14-15H2,1H3,(H2,24,25,26). The van der Waals surface area contributed by atoms with E-state index in [-0.39, 0.29) is 11.2 Å². The maximum atomic E-state index is 13.0. The number of halogens is 2. The summed E-state index contributed by atoms with van der Waals surface area (Å²) in [5.41, 5.74) is 2.17. The molecule has 27 heavy (non-hydrogen) atoms. The van der Waals surface area contributed by atoms with Crippen molar-refractivity contribution in [3.05, 3.63) is 70.5 Å². The van der Waals surface area contributed by atoms with Crippen LogP contribution in [0.15, 0.2) is 53.5 Å². The molecule has 0 radical (unpaired) electrons. The van der Waals surface area contributed by atoms with Gasteiger partial charge in [-0.2, -0.15) is 0 Å². The fourth-order valence-corrected chi connectivity index (χ4v) is 3.60. The molecule has 0 bridgehead atoms. The highest BCUT2D eigenvalue weighted by molar-refractivity contribution is 6.30. The zero-order valence-electron chi connectivity index (χ0n) is 15.5. The molecule has 2 N–H and O–H groups in total. The van der Waals surface area contributed by atoms with Gasteiger partial charge >= 0.3 is 0 Å². The molecule has 1 fully saturated rings. The number of nitrogens with one attached hydrogen (secondary N) is 2. The van der Waals surface area contributed by atoms with Crippen LogP contribution < -0.4 is 10.6 Å². The average molecular weight is 390 g/mol. The number of benzene rings is 2. The third kappa shape index (κ3) is 5.21. The summed E-state index contributed by atoms with van der Waals surface area (Å²) in [6, 6.07) is 14.5. The van der Waals surface area contributed by atoms with E-state index in [0.717, 1.165) is 43.2 Å². The minimum Gasteiger partial charge on any atom is -0.381 e. The Morgan fingerprint density at radius 1 is 1.15 bits per heavy atom. The van der Waals surface area contributed by atoms with Gasteiger partial charge in [0.25, 0.3) is 0 Å². The first-order chi connectivity index (χ1) is 13.1. The summed E-state index contributed by atoms with van der Waals surface area (Å²) in [7, 11) is 1.75. The predicted octanol–water partition coefficient (Wildman–Crippen LogP) is 3.89. The third-order valence-corrected chi connectivity index (χ3v) is 5.31. The molecule has 0 amide bonds. The van der Waals surface area contributed by atoms with Gasteiger partial charge in [0.1, 0.15) is 5.82 Å². The van der Waals surface area contributed by atoms with Crippen molar-refractivity contribution in [2.75, 3.05) is 26.8 Å². The fourth-order valence-electron chi connectivity index (χ4n) is 3.41. The quantitative estimate of drug-likeness (QED) is 0.602. The molecule has 0 unspecified atom stereocenters. The highest BCUT2D eigenvalue weighted by Crippen LogP contribution is 2.35. The van der Waals surface area contributed by atoms with Gasteiger partial charge in [-0.15, -0.1) is 0 Å². The van der Waals surface area contributed by atoms with Gasteiger partial charge in [0.2, 0.25) is 0 Å². The van der Waals surface area contributed by atoms with Crippen LogP contribution in [0.3, 0.4) is 0 Å². The van der Waals surface area contributed by atoms with Crippen molar-refractivity contribution in [1.82, 2.24) is 10.6 Å². The summed E-state index contributed by atoms with van der Waals surface area (Å²) in [6.07, 6.45) is 1.85. The van der Waals surface area contributed by atoms with Crippen LogP contribution in [-0.2, 0) is 16.7 Å². The maximum Gasteiger partial charge on any atom is 0.191 e. The Labute approximate surface area is 164 Å². The van der Waals surface area contributed by atoms with Crippen molar-refractivity contribution in [2.45, 2.75) is 24.8 Å². The SMILES string of the molecule is CN=C(NCc1ccc(F)cc1)NCC1(c2cccc(Cl)c2)CCOCC1. The second kappa shape index (κ2) is 9.20. The average Bonchev–Trinajstić information content (AvgIpc) is 2.70. The first kappa shape index (κ1) is 19.6. The lowest BCUT2D eigenvalue weighted by Gasteiger charge is -2.38. The number of guanidine groups is 1. The molecular formula is C21H25ClFN3O. The monoisotopic (exact) mass is 389 g/mol. The molecule has 0 aromatic heterocycles. The van der Waals surface area contributed by atoms with Gasteiger partial charge in [0, 0.05) is 43.8 Å². The van der Waals surface area contributed by atoms with Gasteiger partial charge in [-0.1, -0.05) is 35.9 Å². The lowest BCUT2D eigenvalue weighted by Crippen LogP contribution is -2.47. The van der Waals surface area contributed by atoms with Crippen LogP contribution >= 0.6 is 11.6 Å². The van der Waals surface area contributed by atoms with Crippen molar-refractivity contribution < 1.29 is 9.13 Å². The van der Waals surface area contributed by atoms with Crippen LogP contribution in [-0.4, -0.2) is 32.8 Å². The van der Waals surface area contributed by atoms with Crippen molar-refractivity contribution >= 4 is 17.6 Å². The van der Waals surface area contributed by atoms with E-state index in [4.69, 9.17) is 16.3 Å². The summed E-state index contributed by atoms with van der Waals surface area (Å²) in [4.78, 5) is 4.31. The third-order valence-electron chi connectivity index (χ3n) is 5.08. The van der Waals surface area contributed by atoms with E-state index in [9.17, 15) is 4.39 Å². The number of rotatable bonds is 5. The zero-order valence-corrected chi connectivity index (χ0v) is 16.2. The fraction of sp³-hybridized carbons (Fsp3) is 0.381. The van der Waals surface area contributed by atoms with Crippen molar-refractivity contribution in [2.24, 2.45) is 4.99 Å². The van der Waals surface area contributed by atoms with E-state index in [1.165, 1.54) is 17.7 Å². The molecule has 3 rings (SSSR count). The highest BCUT2D eigenvalue weighted by Gasteiger charge is 2.34. The van der Waals surface area contributed by atoms with Gasteiger partial charge in [-0.05, 0) is 48.2 Å². The van der Waals surface area contributed by atoms with Crippen molar-refractivity contribution in [3.63, 3.8) is 0 Å². The number of aliphatic imine (C=N–C) groups is 1. The molecular weight excluding hydrogens is 365 g/mol. The molecule has 0 aliphatic carbocycles. The Morgan fingerprint density at radius 2 is 1.89 bits per heavy atom. The second-order valence-electron chi connectivity index (χ2n) is 6.81. The van der Waals surface area contributed by atoms with E-state index >= 15 is 0 Å². The maximum absolute atomic E-state index is 13.0. The Morgan fingerprint density at radius 3 is 2.56 bits per heavy atom. The van der Waals surface area contributed by atoms with Crippen LogP contribution in [0.2, 0.25) is 5.02 Å². The van der Waals surface area contributed by atoms with Gasteiger partial charge in [-0.25, -0.2) is 4.39 Å². The van der Waals surface area contributed by atoms with E-state index in [1.807, 2.05) is 18.2 Å². The summed E-state index contributed by atoms with van der Waals surface area (Å²) < 4.78 is 18.6. The van der Waals surface area contributed by atoms with Crippen molar-refractivity contribution in [1.29, 1.82) is 0 Å². The second-order valence-corrected chi connectivity index (χ2v) is 7.25. The van der Waals surface area contributed by atoms with Crippen LogP contribution in [0, 0.1) is 5.82 Å². The summed E-state index contributed by atoms with van der Waals surface area (Å²) in [5, 5.41) is 7.48. The Bertz CT molecular complexity index is 773. The summed E-state index contributed by atoms with van der Waals surface area (Å²) in [6.45, 7) is 2.78. The van der Waals surface area contributed by atoms with E-state index in [0.29, 0.717) is 12.5 Å². The van der Waals surface area contributed by atoms with E-state index < -0.39 is 0 Å². The van der Waals surface area contributed by atoms with Gasteiger partial charge < -0.3 is 15.4 Å². The number of nitrogens with zero attached hydrogens (tertiary/aromatic N) is 1. The van der Waals surface area contributed by atoms with E-state index in [1.54, 1.807) is 19.2 Å². The minimum atomic E-state index is -0.232. The van der Waals surface area contributed by atoms with Crippen LogP contribution in [0.4, 0.5) is 4.39 Å². The van der Waals surface area contributed by atoms with Gasteiger partial charge in [0.15, 0.2) is 5.96 Å². The van der Waals surface area contributed by atoms with Crippen molar-refractivity contribution in [3.8, 4) is 0 Å². The van der Waals surface area contributed by atoms with Gasteiger partial charge in [-0.3, -0.25) is 4.99 Å². The van der Waals surface area contributed by atoms with E-state index in [2.05, 4.69) is 21.7 Å². The smallest absolute Gasteiger partial charge is 0.191 e.